The number of aryl methyl sites for hydroxylation is 1. The van der Waals surface area contributed by atoms with Crippen molar-refractivity contribution in [3.63, 3.8) is 0 Å². The van der Waals surface area contributed by atoms with E-state index in [0.29, 0.717) is 13.3 Å². The highest BCUT2D eigenvalue weighted by molar-refractivity contribution is 14.0. The van der Waals surface area contributed by atoms with Crippen LogP contribution in [0.3, 0.4) is 0 Å². The van der Waals surface area contributed by atoms with Gasteiger partial charge in [-0.2, -0.15) is 0 Å². The Morgan fingerprint density at radius 2 is 1.90 bits per heavy atom. The van der Waals surface area contributed by atoms with E-state index in [4.69, 9.17) is 9.47 Å². The first-order valence-electron chi connectivity index (χ1n) is 10.1. The van der Waals surface area contributed by atoms with Crippen molar-refractivity contribution in [1.82, 2.24) is 20.2 Å². The van der Waals surface area contributed by atoms with Crippen LogP contribution in [0.4, 0.5) is 0 Å². The van der Waals surface area contributed by atoms with Crippen LogP contribution in [0.25, 0.3) is 0 Å². The van der Waals surface area contributed by atoms with Crippen molar-refractivity contribution in [2.45, 2.75) is 26.4 Å². The first-order chi connectivity index (χ1) is 14.7. The number of hydrogen-bond donors (Lipinski definition) is 2. The number of fused-ring (bicyclic) bond motifs is 1. The third-order valence-electron chi connectivity index (χ3n) is 5.09. The van der Waals surface area contributed by atoms with Crippen LogP contribution in [-0.4, -0.2) is 35.9 Å². The Labute approximate surface area is 199 Å². The number of hydrogen-bond acceptors (Lipinski definition) is 4. The fourth-order valence-electron chi connectivity index (χ4n) is 3.43. The summed E-state index contributed by atoms with van der Waals surface area (Å²) in [6, 6.07) is 14.6. The molecule has 0 bridgehead atoms. The summed E-state index contributed by atoms with van der Waals surface area (Å²) >= 11 is 0. The van der Waals surface area contributed by atoms with E-state index in [0.717, 1.165) is 42.8 Å². The molecule has 0 unspecified atom stereocenters. The van der Waals surface area contributed by atoms with E-state index in [2.05, 4.69) is 55.5 Å². The number of ether oxygens (including phenoxy) is 2. The normalized spacial score (nSPS) is 12.4. The van der Waals surface area contributed by atoms with Gasteiger partial charge in [0.05, 0.1) is 0 Å². The minimum atomic E-state index is 0. The molecule has 0 fully saturated rings. The molecule has 2 heterocycles. The highest BCUT2D eigenvalue weighted by Crippen LogP contribution is 2.32. The number of nitrogens with zero attached hydrogens (tertiary/aromatic N) is 3. The molecule has 7 nitrogen and oxygen atoms in total. The monoisotopic (exact) mass is 533 g/mol. The van der Waals surface area contributed by atoms with Gasteiger partial charge in [-0.1, -0.05) is 30.3 Å². The van der Waals surface area contributed by atoms with Crippen molar-refractivity contribution in [2.75, 3.05) is 20.4 Å². The molecule has 0 saturated heterocycles. The highest BCUT2D eigenvalue weighted by atomic mass is 127. The zero-order valence-electron chi connectivity index (χ0n) is 17.8. The zero-order chi connectivity index (χ0) is 20.8. The second-order valence-electron chi connectivity index (χ2n) is 7.21. The maximum absolute atomic E-state index is 5.44. The fourth-order valence-corrected chi connectivity index (χ4v) is 3.43. The molecule has 2 aromatic carbocycles. The molecule has 2 N–H and O–H groups in total. The number of rotatable bonds is 7. The highest BCUT2D eigenvalue weighted by Gasteiger charge is 2.13. The molecule has 4 rings (SSSR count). The summed E-state index contributed by atoms with van der Waals surface area (Å²) in [7, 11) is 1.79. The lowest BCUT2D eigenvalue weighted by molar-refractivity contribution is 0.174. The molecule has 0 atom stereocenters. The minimum absolute atomic E-state index is 0. The lowest BCUT2D eigenvalue weighted by Crippen LogP contribution is -2.37. The van der Waals surface area contributed by atoms with Gasteiger partial charge in [-0.15, -0.1) is 24.0 Å². The first kappa shape index (κ1) is 22.9. The standard InChI is InChI=1S/C23H27N5O2.HI/c1-17-25-10-11-28(17)15-20-5-3-4-19(12-20)14-27-23(24-2)26-9-8-18-6-7-21-22(13-18)30-16-29-21;/h3-7,10-13H,8-9,14-16H2,1-2H3,(H2,24,26,27);1H. The molecule has 1 aliphatic rings. The first-order valence-corrected chi connectivity index (χ1v) is 10.1. The number of guanidine groups is 1. The number of aromatic nitrogens is 2. The Morgan fingerprint density at radius 3 is 2.71 bits per heavy atom. The average Bonchev–Trinajstić information content (AvgIpc) is 3.39. The molecule has 0 amide bonds. The largest absolute Gasteiger partial charge is 0.454 e. The van der Waals surface area contributed by atoms with Gasteiger partial charge < -0.3 is 24.7 Å². The molecule has 164 valence electrons. The Bertz CT molecular complexity index is 1030. The van der Waals surface area contributed by atoms with Gasteiger partial charge in [-0.05, 0) is 42.2 Å². The van der Waals surface area contributed by atoms with E-state index in [1.54, 1.807) is 7.05 Å². The molecule has 8 heteroatoms. The molecule has 3 aromatic rings. The third-order valence-corrected chi connectivity index (χ3v) is 5.09. The van der Waals surface area contributed by atoms with Crippen molar-refractivity contribution < 1.29 is 9.47 Å². The van der Waals surface area contributed by atoms with Crippen molar-refractivity contribution in [1.29, 1.82) is 0 Å². The number of imidazole rings is 1. The van der Waals surface area contributed by atoms with Crippen molar-refractivity contribution >= 4 is 29.9 Å². The van der Waals surface area contributed by atoms with Gasteiger partial charge in [0.1, 0.15) is 5.82 Å². The van der Waals surface area contributed by atoms with E-state index in [-0.39, 0.29) is 24.0 Å². The van der Waals surface area contributed by atoms with E-state index in [9.17, 15) is 0 Å². The van der Waals surface area contributed by atoms with E-state index in [1.807, 2.05) is 31.5 Å². The van der Waals surface area contributed by atoms with E-state index >= 15 is 0 Å². The Kier molecular flexibility index (Phi) is 8.16. The average molecular weight is 533 g/mol. The van der Waals surface area contributed by atoms with E-state index in [1.165, 1.54) is 16.7 Å². The molecule has 1 aliphatic heterocycles. The smallest absolute Gasteiger partial charge is 0.231 e. The summed E-state index contributed by atoms with van der Waals surface area (Å²) in [4.78, 5) is 8.61. The van der Waals surface area contributed by atoms with E-state index < -0.39 is 0 Å². The second kappa shape index (κ2) is 11.0. The summed E-state index contributed by atoms with van der Waals surface area (Å²) in [6.45, 7) is 4.63. The number of aliphatic imine (C=N–C) groups is 1. The third kappa shape index (κ3) is 6.13. The van der Waals surface area contributed by atoms with Crippen LogP contribution in [-0.2, 0) is 19.5 Å². The van der Waals surface area contributed by atoms with Crippen LogP contribution in [0.15, 0.2) is 59.9 Å². The second-order valence-corrected chi connectivity index (χ2v) is 7.21. The Morgan fingerprint density at radius 1 is 1.06 bits per heavy atom. The topological polar surface area (TPSA) is 72.7 Å². The van der Waals surface area contributed by atoms with Crippen molar-refractivity contribution in [3.05, 3.63) is 77.4 Å². The van der Waals surface area contributed by atoms with Crippen LogP contribution in [0.2, 0.25) is 0 Å². The summed E-state index contributed by atoms with van der Waals surface area (Å²) in [5.74, 6) is 3.44. The van der Waals surface area contributed by atoms with Crippen LogP contribution in [0.1, 0.15) is 22.5 Å². The van der Waals surface area contributed by atoms with Gasteiger partial charge in [0, 0.05) is 39.1 Å². The number of nitrogens with one attached hydrogen (secondary N) is 2. The molecular formula is C23H28IN5O2. The van der Waals surface area contributed by atoms with Crippen LogP contribution >= 0.6 is 24.0 Å². The van der Waals surface area contributed by atoms with Gasteiger partial charge >= 0.3 is 0 Å². The van der Waals surface area contributed by atoms with Gasteiger partial charge in [0.15, 0.2) is 17.5 Å². The molecule has 1 aromatic heterocycles. The summed E-state index contributed by atoms with van der Waals surface area (Å²) in [5.41, 5.74) is 3.66. The van der Waals surface area contributed by atoms with Gasteiger partial charge in [0.2, 0.25) is 6.79 Å². The Hall–Kier alpha value is -2.75. The Balaban J connectivity index is 0.00000272. The predicted molar refractivity (Wildman–Crippen MR) is 132 cm³/mol. The zero-order valence-corrected chi connectivity index (χ0v) is 20.1. The minimum Gasteiger partial charge on any atom is -0.454 e. The lowest BCUT2D eigenvalue weighted by Gasteiger charge is -2.13. The lowest BCUT2D eigenvalue weighted by atomic mass is 10.1. The maximum Gasteiger partial charge on any atom is 0.231 e. The SMILES string of the molecule is CN=C(NCCc1ccc2c(c1)OCO2)NCc1cccc(Cn2ccnc2C)c1.I. The van der Waals surface area contributed by atoms with Gasteiger partial charge in [-0.3, -0.25) is 4.99 Å². The maximum atomic E-state index is 5.44. The van der Waals surface area contributed by atoms with Gasteiger partial charge in [-0.25, -0.2) is 4.98 Å². The fraction of sp³-hybridized carbons (Fsp3) is 0.304. The molecule has 0 spiro atoms. The summed E-state index contributed by atoms with van der Waals surface area (Å²) < 4.78 is 12.9. The molecule has 0 aliphatic carbocycles. The molecule has 0 radical (unpaired) electrons. The predicted octanol–water partition coefficient (Wildman–Crippen LogP) is 3.49. The molecular weight excluding hydrogens is 505 g/mol. The molecule has 0 saturated carbocycles. The quantitative estimate of drug-likeness (QED) is 0.277. The van der Waals surface area contributed by atoms with Crippen molar-refractivity contribution in [2.24, 2.45) is 4.99 Å². The van der Waals surface area contributed by atoms with Gasteiger partial charge in [0.25, 0.3) is 0 Å². The molecule has 31 heavy (non-hydrogen) atoms. The summed E-state index contributed by atoms with van der Waals surface area (Å²) in [5, 5.41) is 6.75. The number of halogens is 1. The number of benzene rings is 2. The van der Waals surface area contributed by atoms with Crippen LogP contribution in [0, 0.1) is 6.92 Å². The van der Waals surface area contributed by atoms with Crippen molar-refractivity contribution in [3.8, 4) is 11.5 Å². The van der Waals surface area contributed by atoms with Crippen LogP contribution < -0.4 is 20.1 Å². The van der Waals surface area contributed by atoms with Crippen LogP contribution in [0.5, 0.6) is 11.5 Å². The summed E-state index contributed by atoms with van der Waals surface area (Å²) in [6.07, 6.45) is 4.71.